The largest absolute Gasteiger partial charge is 0.454 e. The highest BCUT2D eigenvalue weighted by atomic mass is 35.5. The lowest BCUT2D eigenvalue weighted by Gasteiger charge is -2.23. The van der Waals surface area contributed by atoms with Gasteiger partial charge in [0.05, 0.1) is 13.1 Å². The zero-order valence-corrected chi connectivity index (χ0v) is 15.6. The van der Waals surface area contributed by atoms with Crippen LogP contribution in [-0.4, -0.2) is 25.8 Å². The zero-order valence-electron chi connectivity index (χ0n) is 14.8. The molecule has 1 aliphatic carbocycles. The van der Waals surface area contributed by atoms with Gasteiger partial charge < -0.3 is 19.7 Å². The first-order chi connectivity index (χ1) is 12.7. The summed E-state index contributed by atoms with van der Waals surface area (Å²) >= 11 is 0. The summed E-state index contributed by atoms with van der Waals surface area (Å²) < 4.78 is 24.0. The number of ether oxygens (including phenoxy) is 2. The van der Waals surface area contributed by atoms with E-state index in [1.54, 1.807) is 17.0 Å². The van der Waals surface area contributed by atoms with Crippen LogP contribution in [0.5, 0.6) is 11.5 Å². The third kappa shape index (κ3) is 4.90. The summed E-state index contributed by atoms with van der Waals surface area (Å²) in [6.07, 6.45) is 2.47. The summed E-state index contributed by atoms with van der Waals surface area (Å²) in [5.74, 6) is 1.72. The summed E-state index contributed by atoms with van der Waals surface area (Å²) in [5, 5.41) is 3.23. The van der Waals surface area contributed by atoms with Crippen LogP contribution in [0.4, 0.5) is 10.1 Å². The normalized spacial score (nSPS) is 14.6. The third-order valence-corrected chi connectivity index (χ3v) is 4.62. The first-order valence-electron chi connectivity index (χ1n) is 8.84. The summed E-state index contributed by atoms with van der Waals surface area (Å²) in [6.45, 7) is 1.72. The molecule has 0 spiro atoms. The van der Waals surface area contributed by atoms with E-state index >= 15 is 0 Å². The number of hydrogen-bond acceptors (Lipinski definition) is 4. The average molecular weight is 393 g/mol. The molecule has 1 fully saturated rings. The molecule has 144 valence electrons. The number of anilines is 1. The number of amides is 1. The van der Waals surface area contributed by atoms with E-state index in [1.165, 1.54) is 25.0 Å². The Bertz CT molecular complexity index is 796. The standard InChI is InChI=1S/C20H21FN2O3.ClH/c21-16-4-6-17(7-5-16)23(20(24)11-22-10-14-1-2-14)12-15-3-8-18-19(9-15)26-13-25-18;/h3-9,14,22H,1-2,10-13H2;1H. The Morgan fingerprint density at radius 1 is 1.11 bits per heavy atom. The van der Waals surface area contributed by atoms with E-state index in [2.05, 4.69) is 5.32 Å². The minimum absolute atomic E-state index is 0. The minimum Gasteiger partial charge on any atom is -0.454 e. The van der Waals surface area contributed by atoms with Crippen molar-refractivity contribution in [2.24, 2.45) is 5.92 Å². The summed E-state index contributed by atoms with van der Waals surface area (Å²) in [5.41, 5.74) is 1.59. The predicted octanol–water partition coefficient (Wildman–Crippen LogP) is 3.51. The van der Waals surface area contributed by atoms with Gasteiger partial charge in [-0.3, -0.25) is 4.79 Å². The molecule has 5 nitrogen and oxygen atoms in total. The highest BCUT2D eigenvalue weighted by molar-refractivity contribution is 5.94. The van der Waals surface area contributed by atoms with Crippen molar-refractivity contribution in [3.8, 4) is 11.5 Å². The number of fused-ring (bicyclic) bond motifs is 1. The second-order valence-electron chi connectivity index (χ2n) is 6.72. The molecule has 1 aliphatic heterocycles. The summed E-state index contributed by atoms with van der Waals surface area (Å²) in [6, 6.07) is 11.6. The lowest BCUT2D eigenvalue weighted by molar-refractivity contribution is -0.117. The van der Waals surface area contributed by atoms with Gasteiger partial charge in [0.15, 0.2) is 11.5 Å². The Balaban J connectivity index is 0.00000210. The second kappa shape index (κ2) is 8.59. The van der Waals surface area contributed by atoms with Crippen LogP contribution in [0.15, 0.2) is 42.5 Å². The highest BCUT2D eigenvalue weighted by Crippen LogP contribution is 2.33. The lowest BCUT2D eigenvalue weighted by atomic mass is 10.1. The van der Waals surface area contributed by atoms with Crippen LogP contribution < -0.4 is 19.7 Å². The van der Waals surface area contributed by atoms with Gasteiger partial charge in [0.2, 0.25) is 12.7 Å². The number of rotatable bonds is 7. The van der Waals surface area contributed by atoms with Gasteiger partial charge in [-0.2, -0.15) is 0 Å². The van der Waals surface area contributed by atoms with E-state index < -0.39 is 0 Å². The number of carbonyl (C=O) groups is 1. The van der Waals surface area contributed by atoms with Crippen molar-refractivity contribution in [1.29, 1.82) is 0 Å². The molecule has 0 atom stereocenters. The molecule has 4 rings (SSSR count). The monoisotopic (exact) mass is 392 g/mol. The Hall–Kier alpha value is -2.31. The molecule has 1 saturated carbocycles. The van der Waals surface area contributed by atoms with E-state index in [0.717, 1.165) is 12.1 Å². The number of halogens is 2. The van der Waals surface area contributed by atoms with Crippen LogP contribution in [0.1, 0.15) is 18.4 Å². The van der Waals surface area contributed by atoms with E-state index in [4.69, 9.17) is 9.47 Å². The molecule has 0 radical (unpaired) electrons. The molecule has 7 heteroatoms. The van der Waals surface area contributed by atoms with E-state index in [-0.39, 0.29) is 37.5 Å². The summed E-state index contributed by atoms with van der Waals surface area (Å²) in [7, 11) is 0. The molecule has 1 heterocycles. The fourth-order valence-electron chi connectivity index (χ4n) is 2.97. The SMILES string of the molecule is Cl.O=C(CNCC1CC1)N(Cc1ccc2c(c1)OCO2)c1ccc(F)cc1. The van der Waals surface area contributed by atoms with Crippen LogP contribution in [0.3, 0.4) is 0 Å². The van der Waals surface area contributed by atoms with Crippen molar-refractivity contribution in [3.63, 3.8) is 0 Å². The van der Waals surface area contributed by atoms with Gasteiger partial charge in [-0.05, 0) is 67.3 Å². The molecule has 27 heavy (non-hydrogen) atoms. The van der Waals surface area contributed by atoms with Crippen LogP contribution >= 0.6 is 12.4 Å². The second-order valence-corrected chi connectivity index (χ2v) is 6.72. The minimum atomic E-state index is -0.323. The highest BCUT2D eigenvalue weighted by Gasteiger charge is 2.22. The average Bonchev–Trinajstić information content (AvgIpc) is 3.35. The Morgan fingerprint density at radius 2 is 1.85 bits per heavy atom. The number of hydrogen-bond donors (Lipinski definition) is 1. The molecule has 0 bridgehead atoms. The number of nitrogens with one attached hydrogen (secondary N) is 1. The van der Waals surface area contributed by atoms with Crippen LogP contribution in [0.2, 0.25) is 0 Å². The molecular weight excluding hydrogens is 371 g/mol. The predicted molar refractivity (Wildman–Crippen MR) is 103 cm³/mol. The zero-order chi connectivity index (χ0) is 17.9. The van der Waals surface area contributed by atoms with E-state index in [1.807, 2.05) is 18.2 Å². The van der Waals surface area contributed by atoms with Crippen molar-refractivity contribution in [2.75, 3.05) is 24.8 Å². The molecular formula is C20H22ClFN2O3. The molecule has 0 aromatic heterocycles. The molecule has 2 aromatic rings. The van der Waals surface area contributed by atoms with E-state index in [9.17, 15) is 9.18 Å². The molecule has 2 aliphatic rings. The van der Waals surface area contributed by atoms with Crippen molar-refractivity contribution >= 4 is 24.0 Å². The van der Waals surface area contributed by atoms with Crippen molar-refractivity contribution < 1.29 is 18.7 Å². The fourth-order valence-corrected chi connectivity index (χ4v) is 2.97. The van der Waals surface area contributed by atoms with Gasteiger partial charge in [0.25, 0.3) is 0 Å². The Kier molecular flexibility index (Phi) is 6.19. The molecule has 2 aromatic carbocycles. The number of carbonyl (C=O) groups excluding carboxylic acids is 1. The molecule has 0 unspecified atom stereocenters. The van der Waals surface area contributed by atoms with Gasteiger partial charge in [0.1, 0.15) is 5.82 Å². The van der Waals surface area contributed by atoms with Crippen LogP contribution in [0.25, 0.3) is 0 Å². The molecule has 1 N–H and O–H groups in total. The molecule has 1 amide bonds. The van der Waals surface area contributed by atoms with Gasteiger partial charge in [-0.15, -0.1) is 12.4 Å². The van der Waals surface area contributed by atoms with Crippen LogP contribution in [-0.2, 0) is 11.3 Å². The molecule has 0 saturated heterocycles. The van der Waals surface area contributed by atoms with Crippen LogP contribution in [0, 0.1) is 11.7 Å². The fraction of sp³-hybridized carbons (Fsp3) is 0.350. The van der Waals surface area contributed by atoms with Crippen molar-refractivity contribution in [3.05, 3.63) is 53.8 Å². The van der Waals surface area contributed by atoms with Gasteiger partial charge in [-0.1, -0.05) is 6.07 Å². The first kappa shape index (κ1) is 19.5. The van der Waals surface area contributed by atoms with Gasteiger partial charge >= 0.3 is 0 Å². The maximum absolute atomic E-state index is 13.3. The summed E-state index contributed by atoms with van der Waals surface area (Å²) in [4.78, 5) is 14.4. The Morgan fingerprint density at radius 3 is 2.59 bits per heavy atom. The third-order valence-electron chi connectivity index (χ3n) is 4.62. The quantitative estimate of drug-likeness (QED) is 0.783. The lowest BCUT2D eigenvalue weighted by Crippen LogP contribution is -2.38. The number of benzene rings is 2. The maximum atomic E-state index is 13.3. The number of nitrogens with zero attached hydrogens (tertiary/aromatic N) is 1. The maximum Gasteiger partial charge on any atom is 0.241 e. The smallest absolute Gasteiger partial charge is 0.241 e. The Labute approximate surface area is 163 Å². The van der Waals surface area contributed by atoms with E-state index in [0.29, 0.717) is 29.6 Å². The van der Waals surface area contributed by atoms with Gasteiger partial charge in [-0.25, -0.2) is 4.39 Å². The topological polar surface area (TPSA) is 50.8 Å². The van der Waals surface area contributed by atoms with Crippen molar-refractivity contribution in [2.45, 2.75) is 19.4 Å². The first-order valence-corrected chi connectivity index (χ1v) is 8.84. The van der Waals surface area contributed by atoms with Gasteiger partial charge in [0, 0.05) is 5.69 Å². The van der Waals surface area contributed by atoms with Crippen molar-refractivity contribution in [1.82, 2.24) is 5.32 Å².